The smallest absolute Gasteiger partial charge is 0.261 e. The molecule has 128 valence electrons. The summed E-state index contributed by atoms with van der Waals surface area (Å²) in [6.45, 7) is 10.6. The molecular formula is C21H27NO2. The van der Waals surface area contributed by atoms with Crippen LogP contribution in [0.2, 0.25) is 0 Å². The summed E-state index contributed by atoms with van der Waals surface area (Å²) in [5.41, 5.74) is 4.54. The Labute approximate surface area is 145 Å². The topological polar surface area (TPSA) is 38.3 Å². The summed E-state index contributed by atoms with van der Waals surface area (Å²) in [4.78, 5) is 12.3. The van der Waals surface area contributed by atoms with Crippen molar-refractivity contribution >= 4 is 5.91 Å². The molecule has 0 heterocycles. The molecule has 2 rings (SSSR count). The van der Waals surface area contributed by atoms with Gasteiger partial charge in [0.1, 0.15) is 5.75 Å². The summed E-state index contributed by atoms with van der Waals surface area (Å²) in [5, 5.41) is 2.94. The molecular weight excluding hydrogens is 298 g/mol. The van der Waals surface area contributed by atoms with Gasteiger partial charge in [0.2, 0.25) is 0 Å². The summed E-state index contributed by atoms with van der Waals surface area (Å²) in [7, 11) is 0. The number of carbonyl (C=O) groups excluding carboxylic acids is 1. The Morgan fingerprint density at radius 3 is 2.25 bits per heavy atom. The van der Waals surface area contributed by atoms with Crippen molar-refractivity contribution in [3.05, 3.63) is 64.7 Å². The monoisotopic (exact) mass is 325 g/mol. The Balaban J connectivity index is 1.98. The van der Waals surface area contributed by atoms with Crippen LogP contribution in [0, 0.1) is 13.8 Å². The van der Waals surface area contributed by atoms with Crippen LogP contribution in [0.3, 0.4) is 0 Å². The zero-order chi connectivity index (χ0) is 17.7. The number of hydrogen-bond donors (Lipinski definition) is 1. The minimum Gasteiger partial charge on any atom is -0.481 e. The Morgan fingerprint density at radius 2 is 1.62 bits per heavy atom. The van der Waals surface area contributed by atoms with Crippen LogP contribution in [-0.4, -0.2) is 12.0 Å². The van der Waals surface area contributed by atoms with Crippen molar-refractivity contribution in [3.8, 4) is 5.75 Å². The first-order valence-electron chi connectivity index (χ1n) is 8.47. The van der Waals surface area contributed by atoms with Gasteiger partial charge in [-0.15, -0.1) is 0 Å². The van der Waals surface area contributed by atoms with Crippen molar-refractivity contribution in [1.29, 1.82) is 0 Å². The fourth-order valence-electron chi connectivity index (χ4n) is 2.50. The van der Waals surface area contributed by atoms with E-state index in [2.05, 4.69) is 31.3 Å². The van der Waals surface area contributed by atoms with Gasteiger partial charge in [-0.05, 0) is 49.4 Å². The summed E-state index contributed by atoms with van der Waals surface area (Å²) in [6.07, 6.45) is -0.533. The van der Waals surface area contributed by atoms with Crippen LogP contribution < -0.4 is 10.1 Å². The Morgan fingerprint density at radius 1 is 1.00 bits per heavy atom. The SMILES string of the molecule is Cc1ccc(CNC(=O)[C@@H](C)Oc2cc(C)ccc2C(C)C)cc1. The van der Waals surface area contributed by atoms with E-state index in [1.807, 2.05) is 44.2 Å². The van der Waals surface area contributed by atoms with Crippen molar-refractivity contribution in [1.82, 2.24) is 5.32 Å². The van der Waals surface area contributed by atoms with Crippen molar-refractivity contribution in [2.75, 3.05) is 0 Å². The van der Waals surface area contributed by atoms with Crippen LogP contribution in [0.4, 0.5) is 0 Å². The van der Waals surface area contributed by atoms with Gasteiger partial charge < -0.3 is 10.1 Å². The van der Waals surface area contributed by atoms with Gasteiger partial charge in [0.15, 0.2) is 6.10 Å². The maximum atomic E-state index is 12.3. The number of hydrogen-bond acceptors (Lipinski definition) is 2. The van der Waals surface area contributed by atoms with Gasteiger partial charge in [0.05, 0.1) is 0 Å². The lowest BCUT2D eigenvalue weighted by molar-refractivity contribution is -0.127. The lowest BCUT2D eigenvalue weighted by Crippen LogP contribution is -2.36. The first kappa shape index (κ1) is 18.1. The highest BCUT2D eigenvalue weighted by Crippen LogP contribution is 2.28. The van der Waals surface area contributed by atoms with E-state index < -0.39 is 6.10 Å². The Hall–Kier alpha value is -2.29. The maximum absolute atomic E-state index is 12.3. The molecule has 0 spiro atoms. The molecule has 0 aliphatic rings. The molecule has 0 fully saturated rings. The normalized spacial score (nSPS) is 12.1. The number of nitrogens with one attached hydrogen (secondary N) is 1. The standard InChI is InChI=1S/C21H27NO2/c1-14(2)19-11-8-16(4)12-20(19)24-17(5)21(23)22-13-18-9-6-15(3)7-10-18/h6-12,14,17H,13H2,1-5H3,(H,22,23)/t17-/m1/s1. The molecule has 2 aromatic carbocycles. The van der Waals surface area contributed by atoms with E-state index in [4.69, 9.17) is 4.74 Å². The third kappa shape index (κ3) is 4.85. The Bertz CT molecular complexity index is 689. The van der Waals surface area contributed by atoms with Gasteiger partial charge in [-0.25, -0.2) is 0 Å². The van der Waals surface area contributed by atoms with E-state index in [9.17, 15) is 4.79 Å². The minimum absolute atomic E-state index is 0.105. The highest BCUT2D eigenvalue weighted by Gasteiger charge is 2.17. The molecule has 0 radical (unpaired) electrons. The lowest BCUT2D eigenvalue weighted by Gasteiger charge is -2.19. The van der Waals surface area contributed by atoms with Gasteiger partial charge in [-0.1, -0.05) is 55.8 Å². The second kappa shape index (κ2) is 8.00. The van der Waals surface area contributed by atoms with Crippen LogP contribution in [0.25, 0.3) is 0 Å². The van der Waals surface area contributed by atoms with Crippen LogP contribution in [0.15, 0.2) is 42.5 Å². The molecule has 0 aliphatic carbocycles. The molecule has 2 aromatic rings. The fourth-order valence-corrected chi connectivity index (χ4v) is 2.50. The number of carbonyl (C=O) groups is 1. The summed E-state index contributed by atoms with van der Waals surface area (Å²) in [6, 6.07) is 14.3. The van der Waals surface area contributed by atoms with E-state index in [1.54, 1.807) is 6.92 Å². The Kier molecular flexibility index (Phi) is 6.02. The molecule has 1 amide bonds. The van der Waals surface area contributed by atoms with Gasteiger partial charge in [0.25, 0.3) is 5.91 Å². The number of benzene rings is 2. The van der Waals surface area contributed by atoms with E-state index in [0.717, 1.165) is 22.4 Å². The minimum atomic E-state index is -0.533. The molecule has 0 bridgehead atoms. The average molecular weight is 325 g/mol. The molecule has 0 unspecified atom stereocenters. The lowest BCUT2D eigenvalue weighted by atomic mass is 10.0. The summed E-state index contributed by atoms with van der Waals surface area (Å²) in [5.74, 6) is 1.04. The molecule has 3 nitrogen and oxygen atoms in total. The predicted octanol–water partition coefficient (Wildman–Crippen LogP) is 4.51. The molecule has 0 saturated carbocycles. The summed E-state index contributed by atoms with van der Waals surface area (Å²) >= 11 is 0. The fraction of sp³-hybridized carbons (Fsp3) is 0.381. The van der Waals surface area contributed by atoms with Crippen molar-refractivity contribution in [3.63, 3.8) is 0 Å². The second-order valence-electron chi connectivity index (χ2n) is 6.66. The van der Waals surface area contributed by atoms with Gasteiger partial charge in [-0.2, -0.15) is 0 Å². The van der Waals surface area contributed by atoms with Crippen LogP contribution in [0.1, 0.15) is 48.9 Å². The highest BCUT2D eigenvalue weighted by atomic mass is 16.5. The first-order chi connectivity index (χ1) is 11.4. The van der Waals surface area contributed by atoms with Crippen LogP contribution in [-0.2, 0) is 11.3 Å². The highest BCUT2D eigenvalue weighted by molar-refractivity contribution is 5.80. The van der Waals surface area contributed by atoms with Crippen LogP contribution >= 0.6 is 0 Å². The molecule has 24 heavy (non-hydrogen) atoms. The molecule has 1 atom stereocenters. The number of amides is 1. The largest absolute Gasteiger partial charge is 0.481 e. The van der Waals surface area contributed by atoms with E-state index in [1.165, 1.54) is 5.56 Å². The van der Waals surface area contributed by atoms with Crippen LogP contribution in [0.5, 0.6) is 5.75 Å². The van der Waals surface area contributed by atoms with Crippen molar-refractivity contribution in [2.24, 2.45) is 0 Å². The third-order valence-corrected chi connectivity index (χ3v) is 4.05. The maximum Gasteiger partial charge on any atom is 0.261 e. The summed E-state index contributed by atoms with van der Waals surface area (Å²) < 4.78 is 5.94. The van der Waals surface area contributed by atoms with Crippen molar-refractivity contribution < 1.29 is 9.53 Å². The predicted molar refractivity (Wildman–Crippen MR) is 98.4 cm³/mol. The van der Waals surface area contributed by atoms with E-state index in [-0.39, 0.29) is 5.91 Å². The average Bonchev–Trinajstić information content (AvgIpc) is 2.53. The molecule has 0 aliphatic heterocycles. The number of rotatable bonds is 6. The zero-order valence-electron chi connectivity index (χ0n) is 15.2. The van der Waals surface area contributed by atoms with E-state index >= 15 is 0 Å². The zero-order valence-corrected chi connectivity index (χ0v) is 15.2. The van der Waals surface area contributed by atoms with Gasteiger partial charge in [0, 0.05) is 6.54 Å². The molecule has 0 aromatic heterocycles. The van der Waals surface area contributed by atoms with Gasteiger partial charge in [-0.3, -0.25) is 4.79 Å². The number of aryl methyl sites for hydroxylation is 2. The molecule has 1 N–H and O–H groups in total. The van der Waals surface area contributed by atoms with Crippen molar-refractivity contribution in [2.45, 2.75) is 53.2 Å². The third-order valence-electron chi connectivity index (χ3n) is 4.05. The second-order valence-corrected chi connectivity index (χ2v) is 6.66. The number of ether oxygens (including phenoxy) is 1. The van der Waals surface area contributed by atoms with Gasteiger partial charge >= 0.3 is 0 Å². The quantitative estimate of drug-likeness (QED) is 0.848. The molecule has 0 saturated heterocycles. The van der Waals surface area contributed by atoms with E-state index in [0.29, 0.717) is 12.5 Å². The molecule has 3 heteroatoms. The first-order valence-corrected chi connectivity index (χ1v) is 8.47.